The first-order chi connectivity index (χ1) is 2.81. The first-order valence-corrected chi connectivity index (χ1v) is 1.91. The van der Waals surface area contributed by atoms with E-state index in [1.807, 2.05) is 5.18 Å². The van der Waals surface area contributed by atoms with E-state index in [2.05, 4.69) is 12.6 Å². The molecule has 0 heterocycles. The van der Waals surface area contributed by atoms with Crippen molar-refractivity contribution in [2.24, 2.45) is 5.18 Å². The van der Waals surface area contributed by atoms with Crippen LogP contribution in [0.15, 0.2) is 5.18 Å². The van der Waals surface area contributed by atoms with Gasteiger partial charge in [-0.2, -0.15) is 12.6 Å². The lowest BCUT2D eigenvalue weighted by Gasteiger charge is -1.69. The molecule has 6 heavy (non-hydrogen) atoms. The molecule has 0 saturated heterocycles. The number of rotatable bonds is 1. The SMILES string of the molecule is O=NC(=O)CS. The van der Waals surface area contributed by atoms with Gasteiger partial charge in [0.2, 0.25) is 0 Å². The Labute approximate surface area is 40.1 Å². The summed E-state index contributed by atoms with van der Waals surface area (Å²) >= 11 is 3.45. The smallest absolute Gasteiger partial charge is 0.268 e. The molecular weight excluding hydrogens is 102 g/mol. The molecule has 0 rings (SSSR count). The Bertz CT molecular complexity index is 71.9. The fraction of sp³-hybridized carbons (Fsp3) is 0.500. The molecule has 0 atom stereocenters. The molecule has 0 spiro atoms. The molecule has 1 amide bonds. The van der Waals surface area contributed by atoms with Crippen LogP contribution in [0.25, 0.3) is 0 Å². The van der Waals surface area contributed by atoms with Crippen molar-refractivity contribution in [3.05, 3.63) is 4.91 Å². The van der Waals surface area contributed by atoms with Crippen LogP contribution < -0.4 is 0 Å². The van der Waals surface area contributed by atoms with Gasteiger partial charge in [0.05, 0.1) is 5.75 Å². The van der Waals surface area contributed by atoms with E-state index in [0.717, 1.165) is 0 Å². The highest BCUT2D eigenvalue weighted by Crippen LogP contribution is 1.75. The van der Waals surface area contributed by atoms with Gasteiger partial charge in [0.1, 0.15) is 0 Å². The highest BCUT2D eigenvalue weighted by Gasteiger charge is 1.89. The van der Waals surface area contributed by atoms with Gasteiger partial charge in [-0.25, -0.2) is 0 Å². The summed E-state index contributed by atoms with van der Waals surface area (Å²) in [5.41, 5.74) is 0. The normalized spacial score (nSPS) is 7.50. The zero-order valence-electron chi connectivity index (χ0n) is 2.92. The summed E-state index contributed by atoms with van der Waals surface area (Å²) in [6, 6.07) is 0. The maximum absolute atomic E-state index is 9.62. The summed E-state index contributed by atoms with van der Waals surface area (Å²) in [6.45, 7) is 0. The standard InChI is InChI=1S/C2H3NO2S/c4-2(1-6)3-5/h6H,1H2. The Kier molecular flexibility index (Phi) is 2.66. The fourth-order valence-electron chi connectivity index (χ4n) is 0.0289. The minimum atomic E-state index is -0.724. The lowest BCUT2D eigenvalue weighted by Crippen LogP contribution is -1.89. The molecule has 4 heteroatoms. The minimum Gasteiger partial charge on any atom is -0.268 e. The highest BCUT2D eigenvalue weighted by molar-refractivity contribution is 7.81. The van der Waals surface area contributed by atoms with Crippen molar-refractivity contribution in [2.75, 3.05) is 5.75 Å². The van der Waals surface area contributed by atoms with Crippen LogP contribution in [0.3, 0.4) is 0 Å². The molecule has 3 nitrogen and oxygen atoms in total. The Morgan fingerprint density at radius 3 is 2.33 bits per heavy atom. The van der Waals surface area contributed by atoms with Crippen LogP contribution in [-0.4, -0.2) is 11.7 Å². The second kappa shape index (κ2) is 2.84. The van der Waals surface area contributed by atoms with Gasteiger partial charge in [-0.1, -0.05) is 0 Å². The van der Waals surface area contributed by atoms with Crippen molar-refractivity contribution >= 4 is 18.5 Å². The second-order valence-corrected chi connectivity index (χ2v) is 0.959. The van der Waals surface area contributed by atoms with E-state index >= 15 is 0 Å². The quantitative estimate of drug-likeness (QED) is 0.382. The third-order valence-electron chi connectivity index (χ3n) is 0.237. The number of carbonyl (C=O) groups excluding carboxylic acids is 1. The molecule has 0 N–H and O–H groups in total. The van der Waals surface area contributed by atoms with Gasteiger partial charge in [0.25, 0.3) is 5.91 Å². The third kappa shape index (κ3) is 1.90. The van der Waals surface area contributed by atoms with Crippen LogP contribution >= 0.6 is 12.6 Å². The van der Waals surface area contributed by atoms with Crippen molar-refractivity contribution in [1.82, 2.24) is 0 Å². The number of carbonyl (C=O) groups is 1. The van der Waals surface area contributed by atoms with Gasteiger partial charge >= 0.3 is 0 Å². The lowest BCUT2D eigenvalue weighted by atomic mass is 10.8. The van der Waals surface area contributed by atoms with Gasteiger partial charge < -0.3 is 0 Å². The highest BCUT2D eigenvalue weighted by atomic mass is 32.1. The molecule has 0 radical (unpaired) electrons. The molecule has 0 aliphatic carbocycles. The zero-order valence-corrected chi connectivity index (χ0v) is 3.81. The number of thiol groups is 1. The molecule has 0 aliphatic rings. The Balaban J connectivity index is 3.23. The number of amides is 1. The molecule has 34 valence electrons. The Morgan fingerprint density at radius 2 is 2.33 bits per heavy atom. The number of nitroso groups, excluding NO2 is 1. The summed E-state index contributed by atoms with van der Waals surface area (Å²) < 4.78 is 0. The first kappa shape index (κ1) is 5.62. The predicted molar refractivity (Wildman–Crippen MR) is 24.7 cm³/mol. The molecule has 0 saturated carbocycles. The van der Waals surface area contributed by atoms with Crippen LogP contribution in [0.2, 0.25) is 0 Å². The van der Waals surface area contributed by atoms with Crippen molar-refractivity contribution in [2.45, 2.75) is 0 Å². The van der Waals surface area contributed by atoms with E-state index in [9.17, 15) is 4.79 Å². The van der Waals surface area contributed by atoms with Gasteiger partial charge in [-0.15, -0.1) is 4.91 Å². The van der Waals surface area contributed by atoms with Crippen molar-refractivity contribution < 1.29 is 4.79 Å². The summed E-state index contributed by atoms with van der Waals surface area (Å²) in [7, 11) is 0. The van der Waals surface area contributed by atoms with Crippen molar-refractivity contribution in [3.8, 4) is 0 Å². The summed E-state index contributed by atoms with van der Waals surface area (Å²) in [5, 5.41) is 2.04. The number of nitrogens with zero attached hydrogens (tertiary/aromatic N) is 1. The molecular formula is C2H3NO2S. The molecule has 0 fully saturated rings. The van der Waals surface area contributed by atoms with Gasteiger partial charge in [0, 0.05) is 5.18 Å². The maximum atomic E-state index is 9.62. The van der Waals surface area contributed by atoms with Crippen LogP contribution in [0, 0.1) is 4.91 Å². The maximum Gasteiger partial charge on any atom is 0.295 e. The molecule has 0 unspecified atom stereocenters. The molecule has 0 bridgehead atoms. The lowest BCUT2D eigenvalue weighted by molar-refractivity contribution is -0.115. The summed E-state index contributed by atoms with van der Waals surface area (Å²) in [4.78, 5) is 18.7. The van der Waals surface area contributed by atoms with E-state index in [-0.39, 0.29) is 5.75 Å². The Hall–Kier alpha value is -0.380. The predicted octanol–water partition coefficient (Wildman–Crippen LogP) is 0.209. The second-order valence-electron chi connectivity index (χ2n) is 0.643. The molecule has 0 aromatic rings. The van der Waals surface area contributed by atoms with Crippen LogP contribution in [0.1, 0.15) is 0 Å². The van der Waals surface area contributed by atoms with Gasteiger partial charge in [-0.05, 0) is 0 Å². The topological polar surface area (TPSA) is 46.5 Å². The largest absolute Gasteiger partial charge is 0.295 e. The Morgan fingerprint density at radius 1 is 1.83 bits per heavy atom. The van der Waals surface area contributed by atoms with Crippen LogP contribution in [0.5, 0.6) is 0 Å². The van der Waals surface area contributed by atoms with Gasteiger partial charge in [0.15, 0.2) is 0 Å². The van der Waals surface area contributed by atoms with E-state index in [4.69, 9.17) is 4.91 Å². The summed E-state index contributed by atoms with van der Waals surface area (Å²) in [5.74, 6) is -0.818. The minimum absolute atomic E-state index is 0.0938. The average Bonchev–Trinajstić information content (AvgIpc) is 1.65. The van der Waals surface area contributed by atoms with Crippen molar-refractivity contribution in [1.29, 1.82) is 0 Å². The fourth-order valence-corrected chi connectivity index (χ4v) is 0.0866. The molecule has 0 aliphatic heterocycles. The van der Waals surface area contributed by atoms with Crippen molar-refractivity contribution in [3.63, 3.8) is 0 Å². The number of hydrogen-bond donors (Lipinski definition) is 1. The first-order valence-electron chi connectivity index (χ1n) is 1.28. The van der Waals surface area contributed by atoms with Gasteiger partial charge in [-0.3, -0.25) is 4.79 Å². The third-order valence-corrected chi connectivity index (χ3v) is 0.508. The average molecular weight is 105 g/mol. The molecule has 0 aromatic carbocycles. The van der Waals surface area contributed by atoms with E-state index < -0.39 is 5.91 Å². The van der Waals surface area contributed by atoms with E-state index in [1.54, 1.807) is 0 Å². The van der Waals surface area contributed by atoms with E-state index in [1.165, 1.54) is 0 Å². The van der Waals surface area contributed by atoms with E-state index in [0.29, 0.717) is 0 Å². The monoisotopic (exact) mass is 105 g/mol. The summed E-state index contributed by atoms with van der Waals surface area (Å²) in [6.07, 6.45) is 0. The van der Waals surface area contributed by atoms with Crippen LogP contribution in [-0.2, 0) is 4.79 Å². The number of hydrogen-bond acceptors (Lipinski definition) is 3. The zero-order chi connectivity index (χ0) is 4.99. The molecule has 0 aromatic heterocycles. The van der Waals surface area contributed by atoms with Crippen LogP contribution in [0.4, 0.5) is 0 Å².